The van der Waals surface area contributed by atoms with Gasteiger partial charge >= 0.3 is 19.9 Å². The molecule has 0 aromatic heterocycles. The monoisotopic (exact) mass is 381 g/mol. The van der Waals surface area contributed by atoms with Crippen molar-refractivity contribution in [2.24, 2.45) is 0 Å². The summed E-state index contributed by atoms with van der Waals surface area (Å²) in [5, 5.41) is 0. The first-order chi connectivity index (χ1) is 11.5. The second-order valence-corrected chi connectivity index (χ2v) is 6.16. The van der Waals surface area contributed by atoms with E-state index >= 15 is 0 Å². The first kappa shape index (κ1) is 19.4. The molecule has 0 aliphatic heterocycles. The van der Waals surface area contributed by atoms with Crippen molar-refractivity contribution in [3.8, 4) is 5.75 Å². The predicted octanol–water partition coefficient (Wildman–Crippen LogP) is 4.49. The van der Waals surface area contributed by atoms with E-state index in [1.165, 1.54) is 48.5 Å². The number of alkyl halides is 5. The lowest BCUT2D eigenvalue weighted by Crippen LogP contribution is -2.43. The van der Waals surface area contributed by atoms with Crippen LogP contribution < -0.4 is 9.42 Å². The smallest absolute Gasteiger partial charge is 0.456 e. The molecule has 2 atom stereocenters. The van der Waals surface area contributed by atoms with Crippen LogP contribution >= 0.6 is 7.82 Å². The lowest BCUT2D eigenvalue weighted by Gasteiger charge is -2.33. The van der Waals surface area contributed by atoms with E-state index in [9.17, 15) is 31.4 Å². The Morgan fingerprint density at radius 2 is 1.36 bits per heavy atom. The Morgan fingerprint density at radius 1 is 0.880 bits per heavy atom. The van der Waals surface area contributed by atoms with Gasteiger partial charge in [0.1, 0.15) is 5.75 Å². The molecule has 136 valence electrons. The van der Waals surface area contributed by atoms with Gasteiger partial charge in [-0.1, -0.05) is 48.5 Å². The second kappa shape index (κ2) is 7.11. The van der Waals surface area contributed by atoms with Crippen LogP contribution in [0.4, 0.5) is 22.0 Å². The minimum Gasteiger partial charge on any atom is -0.746 e. The van der Waals surface area contributed by atoms with Gasteiger partial charge in [0.15, 0.2) is 6.10 Å². The van der Waals surface area contributed by atoms with Crippen LogP contribution in [-0.4, -0.2) is 12.1 Å². The van der Waals surface area contributed by atoms with E-state index in [1.54, 1.807) is 0 Å². The standard InChI is InChI=1S/C15H12F5O4P/c16-14(17,15(18,19)20)13(11-7-3-1-4-8-11)24-25(21,22)23-12-9-5-2-6-10-12/h1-10,13H,(H,21,22)/p-1/t13-/m0/s1. The van der Waals surface area contributed by atoms with E-state index in [2.05, 4.69) is 9.05 Å². The van der Waals surface area contributed by atoms with Crippen molar-refractivity contribution >= 4 is 7.82 Å². The zero-order valence-electron chi connectivity index (χ0n) is 12.3. The van der Waals surface area contributed by atoms with Crippen LogP contribution in [0.2, 0.25) is 0 Å². The maximum absolute atomic E-state index is 13.8. The Kier molecular flexibility index (Phi) is 5.51. The molecule has 0 bridgehead atoms. The lowest BCUT2D eigenvalue weighted by molar-refractivity contribution is -0.319. The van der Waals surface area contributed by atoms with Crippen molar-refractivity contribution in [1.29, 1.82) is 0 Å². The van der Waals surface area contributed by atoms with Gasteiger partial charge < -0.3 is 9.42 Å². The van der Waals surface area contributed by atoms with Gasteiger partial charge in [0, 0.05) is 0 Å². The number of para-hydroxylation sites is 1. The molecule has 0 N–H and O–H groups in total. The van der Waals surface area contributed by atoms with Crippen LogP contribution in [0, 0.1) is 0 Å². The molecule has 2 aromatic rings. The summed E-state index contributed by atoms with van der Waals surface area (Å²) in [6, 6.07) is 12.1. The zero-order valence-corrected chi connectivity index (χ0v) is 13.2. The largest absolute Gasteiger partial charge is 0.746 e. The van der Waals surface area contributed by atoms with E-state index in [4.69, 9.17) is 0 Å². The molecule has 1 unspecified atom stereocenters. The third-order valence-corrected chi connectivity index (χ3v) is 3.91. The van der Waals surface area contributed by atoms with Gasteiger partial charge in [-0.2, -0.15) is 22.0 Å². The van der Waals surface area contributed by atoms with Gasteiger partial charge in [-0.05, 0) is 17.7 Å². The fraction of sp³-hybridized carbons (Fsp3) is 0.200. The molecule has 25 heavy (non-hydrogen) atoms. The van der Waals surface area contributed by atoms with E-state index in [0.29, 0.717) is 0 Å². The summed E-state index contributed by atoms with van der Waals surface area (Å²) in [5.74, 6) is -5.75. The molecule has 0 spiro atoms. The highest BCUT2D eigenvalue weighted by molar-refractivity contribution is 7.46. The first-order valence-corrected chi connectivity index (χ1v) is 8.22. The number of hydrogen-bond donors (Lipinski definition) is 0. The highest BCUT2D eigenvalue weighted by Crippen LogP contribution is 2.53. The summed E-state index contributed by atoms with van der Waals surface area (Å²) in [4.78, 5) is 11.8. The molecular weight excluding hydrogens is 370 g/mol. The maximum atomic E-state index is 13.8. The molecule has 0 amide bonds. The van der Waals surface area contributed by atoms with Gasteiger partial charge in [-0.25, -0.2) is 0 Å². The molecule has 0 aliphatic rings. The van der Waals surface area contributed by atoms with Crippen LogP contribution in [0.15, 0.2) is 60.7 Å². The van der Waals surface area contributed by atoms with Crippen LogP contribution in [-0.2, 0) is 9.09 Å². The molecule has 0 aliphatic carbocycles. The van der Waals surface area contributed by atoms with Gasteiger partial charge in [0.2, 0.25) is 0 Å². The summed E-state index contributed by atoms with van der Waals surface area (Å²) < 4.78 is 86.1. The maximum Gasteiger partial charge on any atom is 0.456 e. The minimum atomic E-state index is -6.03. The van der Waals surface area contributed by atoms with Crippen molar-refractivity contribution in [3.05, 3.63) is 66.2 Å². The van der Waals surface area contributed by atoms with Gasteiger partial charge in [0.25, 0.3) is 0 Å². The molecule has 0 saturated carbocycles. The van der Waals surface area contributed by atoms with Gasteiger partial charge in [-0.3, -0.25) is 9.09 Å². The number of hydrogen-bond acceptors (Lipinski definition) is 4. The second-order valence-electron chi connectivity index (χ2n) is 4.87. The van der Waals surface area contributed by atoms with Crippen molar-refractivity contribution in [1.82, 2.24) is 0 Å². The molecule has 0 saturated heterocycles. The van der Waals surface area contributed by atoms with Crippen LogP contribution in [0.25, 0.3) is 0 Å². The number of phosphoric ester groups is 1. The van der Waals surface area contributed by atoms with Crippen LogP contribution in [0.3, 0.4) is 0 Å². The Labute approximate surface area is 139 Å². The van der Waals surface area contributed by atoms with E-state index in [-0.39, 0.29) is 5.75 Å². The fourth-order valence-electron chi connectivity index (χ4n) is 1.87. The normalized spacial score (nSPS) is 16.1. The Morgan fingerprint density at radius 3 is 1.84 bits per heavy atom. The minimum absolute atomic E-state index is 0.289. The summed E-state index contributed by atoms with van der Waals surface area (Å²) in [5.41, 5.74) is -0.669. The number of benzene rings is 2. The van der Waals surface area contributed by atoms with E-state index in [0.717, 1.165) is 12.1 Å². The highest BCUT2D eigenvalue weighted by Gasteiger charge is 2.64. The van der Waals surface area contributed by atoms with Crippen molar-refractivity contribution in [3.63, 3.8) is 0 Å². The Bertz CT molecular complexity index is 737. The zero-order chi connectivity index (χ0) is 18.7. The third kappa shape index (κ3) is 4.78. The Balaban J connectivity index is 2.35. The SMILES string of the molecule is O=P([O-])(Oc1ccccc1)O[C@@H](c1ccccc1)C(F)(F)C(F)(F)F. The summed E-state index contributed by atoms with van der Waals surface area (Å²) >= 11 is 0. The highest BCUT2D eigenvalue weighted by atomic mass is 31.2. The number of halogens is 5. The molecule has 4 nitrogen and oxygen atoms in total. The van der Waals surface area contributed by atoms with Crippen LogP contribution in [0.1, 0.15) is 11.7 Å². The molecule has 10 heteroatoms. The molecule has 0 fully saturated rings. The first-order valence-electron chi connectivity index (χ1n) is 6.76. The molecular formula is C15H11F5O4P-. The predicted molar refractivity (Wildman–Crippen MR) is 75.9 cm³/mol. The summed E-state index contributed by atoms with van der Waals surface area (Å²) in [7, 11) is -5.53. The summed E-state index contributed by atoms with van der Waals surface area (Å²) in [6.07, 6.45) is -9.15. The summed E-state index contributed by atoms with van der Waals surface area (Å²) in [6.45, 7) is 0. The molecule has 0 heterocycles. The van der Waals surface area contributed by atoms with Crippen molar-refractivity contribution in [2.45, 2.75) is 18.2 Å². The van der Waals surface area contributed by atoms with Gasteiger partial charge in [-0.15, -0.1) is 0 Å². The Hall–Kier alpha value is -1.96. The lowest BCUT2D eigenvalue weighted by atomic mass is 10.0. The third-order valence-electron chi connectivity index (χ3n) is 3.00. The topological polar surface area (TPSA) is 58.6 Å². The van der Waals surface area contributed by atoms with E-state index < -0.39 is 31.6 Å². The average molecular weight is 381 g/mol. The number of rotatable bonds is 6. The average Bonchev–Trinajstić information content (AvgIpc) is 2.53. The molecule has 2 aromatic carbocycles. The molecule has 2 rings (SSSR count). The van der Waals surface area contributed by atoms with Gasteiger partial charge in [0.05, 0.1) is 0 Å². The molecule has 0 radical (unpaired) electrons. The van der Waals surface area contributed by atoms with Crippen molar-refractivity contribution in [2.75, 3.05) is 0 Å². The number of phosphoric acid groups is 1. The fourth-order valence-corrected chi connectivity index (χ4v) is 2.81. The van der Waals surface area contributed by atoms with Crippen LogP contribution in [0.5, 0.6) is 5.75 Å². The van der Waals surface area contributed by atoms with Crippen molar-refractivity contribution < 1.29 is 40.5 Å². The van der Waals surface area contributed by atoms with E-state index in [1.807, 2.05) is 0 Å². The quantitative estimate of drug-likeness (QED) is 0.547.